The van der Waals surface area contributed by atoms with Gasteiger partial charge in [-0.25, -0.2) is 0 Å². The number of nitrogens with one attached hydrogen (secondary N) is 1. The first kappa shape index (κ1) is 10.5. The average Bonchev–Trinajstić information content (AvgIpc) is 2.26. The SMILES string of the molecule is S=C(S)NCc1cccc2ccccc12. The highest BCUT2D eigenvalue weighted by atomic mass is 32.1. The first-order valence-electron chi connectivity index (χ1n) is 4.71. The van der Waals surface area contributed by atoms with Crippen molar-refractivity contribution in [2.24, 2.45) is 0 Å². The van der Waals surface area contributed by atoms with Crippen LogP contribution in [0.15, 0.2) is 42.5 Å². The van der Waals surface area contributed by atoms with E-state index in [1.165, 1.54) is 16.3 Å². The van der Waals surface area contributed by atoms with Crippen LogP contribution < -0.4 is 5.32 Å². The smallest absolute Gasteiger partial charge is 0.130 e. The summed E-state index contributed by atoms with van der Waals surface area (Å²) in [5.41, 5.74) is 1.24. The Morgan fingerprint density at radius 3 is 2.67 bits per heavy atom. The van der Waals surface area contributed by atoms with Gasteiger partial charge < -0.3 is 5.32 Å². The molecule has 15 heavy (non-hydrogen) atoms. The largest absolute Gasteiger partial charge is 0.367 e. The molecule has 0 amide bonds. The van der Waals surface area contributed by atoms with E-state index < -0.39 is 0 Å². The lowest BCUT2D eigenvalue weighted by Gasteiger charge is -2.07. The van der Waals surface area contributed by atoms with Crippen molar-refractivity contribution in [1.82, 2.24) is 5.32 Å². The lowest BCUT2D eigenvalue weighted by molar-refractivity contribution is 0.950. The fourth-order valence-electron chi connectivity index (χ4n) is 1.62. The third-order valence-electron chi connectivity index (χ3n) is 2.31. The summed E-state index contributed by atoms with van der Waals surface area (Å²) < 4.78 is 0.530. The summed E-state index contributed by atoms with van der Waals surface area (Å²) in [4.78, 5) is 0. The number of benzene rings is 2. The standard InChI is InChI=1S/C12H11NS2/c14-12(15)13-8-10-6-3-5-9-4-1-2-7-11(9)10/h1-7H,8H2,(H2,13,14,15). The maximum absolute atomic E-state index is 4.87. The molecule has 2 aromatic rings. The summed E-state index contributed by atoms with van der Waals surface area (Å²) in [6.07, 6.45) is 0. The Labute approximate surface area is 99.9 Å². The molecular formula is C12H11NS2. The van der Waals surface area contributed by atoms with E-state index in [4.69, 9.17) is 12.2 Å². The molecule has 1 nitrogen and oxygen atoms in total. The van der Waals surface area contributed by atoms with E-state index >= 15 is 0 Å². The molecule has 0 aromatic heterocycles. The molecule has 0 atom stereocenters. The van der Waals surface area contributed by atoms with Crippen molar-refractivity contribution in [2.45, 2.75) is 6.54 Å². The Morgan fingerprint density at radius 2 is 1.87 bits per heavy atom. The Hall–Kier alpha value is -1.06. The predicted octanol–water partition coefficient (Wildman–Crippen LogP) is 3.14. The highest BCUT2D eigenvalue weighted by molar-refractivity contribution is 8.11. The van der Waals surface area contributed by atoms with E-state index in [-0.39, 0.29) is 0 Å². The zero-order valence-corrected chi connectivity index (χ0v) is 9.81. The minimum atomic E-state index is 0.530. The summed E-state index contributed by atoms with van der Waals surface area (Å²) in [5.74, 6) is 0. The lowest BCUT2D eigenvalue weighted by Crippen LogP contribution is -2.15. The molecule has 0 unspecified atom stereocenters. The van der Waals surface area contributed by atoms with Gasteiger partial charge in [0.25, 0.3) is 0 Å². The summed E-state index contributed by atoms with van der Waals surface area (Å²) in [6.45, 7) is 0.726. The summed E-state index contributed by atoms with van der Waals surface area (Å²) >= 11 is 8.91. The van der Waals surface area contributed by atoms with Crippen LogP contribution in [0.5, 0.6) is 0 Å². The van der Waals surface area contributed by atoms with E-state index in [9.17, 15) is 0 Å². The molecule has 1 N–H and O–H groups in total. The van der Waals surface area contributed by atoms with Gasteiger partial charge in [0.05, 0.1) is 0 Å². The van der Waals surface area contributed by atoms with Crippen LogP contribution in [0.4, 0.5) is 0 Å². The molecule has 2 aromatic carbocycles. The first-order valence-corrected chi connectivity index (χ1v) is 5.56. The molecule has 0 aliphatic rings. The van der Waals surface area contributed by atoms with Crippen LogP contribution in [-0.2, 0) is 6.54 Å². The molecular weight excluding hydrogens is 222 g/mol. The van der Waals surface area contributed by atoms with Crippen molar-refractivity contribution >= 4 is 39.9 Å². The molecule has 0 radical (unpaired) electrons. The van der Waals surface area contributed by atoms with Crippen LogP contribution in [0.3, 0.4) is 0 Å². The van der Waals surface area contributed by atoms with Crippen molar-refractivity contribution in [3.05, 3.63) is 48.0 Å². The molecule has 3 heteroatoms. The Kier molecular flexibility index (Phi) is 3.23. The third-order valence-corrected chi connectivity index (χ3v) is 2.61. The molecule has 0 fully saturated rings. The Bertz CT molecular complexity index is 488. The van der Waals surface area contributed by atoms with Gasteiger partial charge >= 0.3 is 0 Å². The molecule has 0 spiro atoms. The van der Waals surface area contributed by atoms with E-state index in [0.717, 1.165) is 6.54 Å². The number of hydrogen-bond acceptors (Lipinski definition) is 1. The second kappa shape index (κ2) is 4.64. The molecule has 2 rings (SSSR count). The highest BCUT2D eigenvalue weighted by Gasteiger charge is 1.99. The molecule has 0 aliphatic carbocycles. The van der Waals surface area contributed by atoms with Gasteiger partial charge in [-0.2, -0.15) is 0 Å². The van der Waals surface area contributed by atoms with Crippen molar-refractivity contribution in [2.75, 3.05) is 0 Å². The van der Waals surface area contributed by atoms with Crippen LogP contribution in [-0.4, -0.2) is 4.32 Å². The summed E-state index contributed by atoms with van der Waals surface area (Å²) in [5, 5.41) is 5.56. The van der Waals surface area contributed by atoms with E-state index in [2.05, 4.69) is 48.3 Å². The van der Waals surface area contributed by atoms with Gasteiger partial charge in [0, 0.05) is 6.54 Å². The minimum Gasteiger partial charge on any atom is -0.367 e. The molecule has 0 bridgehead atoms. The fourth-order valence-corrected chi connectivity index (χ4v) is 1.77. The van der Waals surface area contributed by atoms with Crippen molar-refractivity contribution in [3.63, 3.8) is 0 Å². The van der Waals surface area contributed by atoms with E-state index in [1.54, 1.807) is 0 Å². The quantitative estimate of drug-likeness (QED) is 0.610. The minimum absolute atomic E-state index is 0.530. The first-order chi connectivity index (χ1) is 7.27. The predicted molar refractivity (Wildman–Crippen MR) is 72.4 cm³/mol. The molecule has 76 valence electrons. The van der Waals surface area contributed by atoms with Gasteiger partial charge in [0.2, 0.25) is 0 Å². The normalized spacial score (nSPS) is 10.2. The zero-order chi connectivity index (χ0) is 10.7. The van der Waals surface area contributed by atoms with Crippen LogP contribution in [0.1, 0.15) is 5.56 Å². The van der Waals surface area contributed by atoms with Gasteiger partial charge in [-0.15, -0.1) is 12.6 Å². The van der Waals surface area contributed by atoms with Crippen LogP contribution in [0, 0.1) is 0 Å². The number of rotatable bonds is 2. The van der Waals surface area contributed by atoms with Crippen molar-refractivity contribution in [3.8, 4) is 0 Å². The second-order valence-electron chi connectivity index (χ2n) is 3.30. The summed E-state index contributed by atoms with van der Waals surface area (Å²) in [7, 11) is 0. The number of thiocarbonyl (C=S) groups is 1. The maximum Gasteiger partial charge on any atom is 0.130 e. The molecule has 0 saturated carbocycles. The van der Waals surface area contributed by atoms with Gasteiger partial charge in [-0.1, -0.05) is 54.7 Å². The van der Waals surface area contributed by atoms with Crippen LogP contribution >= 0.6 is 24.8 Å². The molecule has 0 aliphatic heterocycles. The van der Waals surface area contributed by atoms with E-state index in [1.807, 2.05) is 12.1 Å². The molecule has 0 saturated heterocycles. The average molecular weight is 233 g/mol. The number of hydrogen-bond donors (Lipinski definition) is 2. The van der Waals surface area contributed by atoms with Gasteiger partial charge in [0.1, 0.15) is 4.32 Å². The lowest BCUT2D eigenvalue weighted by atomic mass is 10.0. The Balaban J connectivity index is 2.38. The third kappa shape index (κ3) is 2.49. The number of fused-ring (bicyclic) bond motifs is 1. The van der Waals surface area contributed by atoms with Crippen LogP contribution in [0.25, 0.3) is 10.8 Å². The highest BCUT2D eigenvalue weighted by Crippen LogP contribution is 2.18. The number of thiol groups is 1. The van der Waals surface area contributed by atoms with Gasteiger partial charge in [-0.3, -0.25) is 0 Å². The Morgan fingerprint density at radius 1 is 1.13 bits per heavy atom. The van der Waals surface area contributed by atoms with E-state index in [0.29, 0.717) is 4.32 Å². The monoisotopic (exact) mass is 233 g/mol. The zero-order valence-electron chi connectivity index (χ0n) is 8.10. The van der Waals surface area contributed by atoms with Crippen molar-refractivity contribution < 1.29 is 0 Å². The topological polar surface area (TPSA) is 12.0 Å². The maximum atomic E-state index is 4.87. The van der Waals surface area contributed by atoms with Gasteiger partial charge in [-0.05, 0) is 16.3 Å². The second-order valence-corrected chi connectivity index (χ2v) is 4.46. The summed E-state index contributed by atoms with van der Waals surface area (Å²) in [6, 6.07) is 14.6. The van der Waals surface area contributed by atoms with Crippen molar-refractivity contribution in [1.29, 1.82) is 0 Å². The fraction of sp³-hybridized carbons (Fsp3) is 0.0833. The molecule has 0 heterocycles. The van der Waals surface area contributed by atoms with Gasteiger partial charge in [0.15, 0.2) is 0 Å². The van der Waals surface area contributed by atoms with Crippen LogP contribution in [0.2, 0.25) is 0 Å².